The summed E-state index contributed by atoms with van der Waals surface area (Å²) in [5.41, 5.74) is 3.91. The molecule has 1 aliphatic carbocycles. The van der Waals surface area contributed by atoms with Crippen LogP contribution in [0, 0.1) is 5.92 Å². The number of aromatic amines is 1. The number of hydrogen-bond donors (Lipinski definition) is 2. The highest BCUT2D eigenvalue weighted by molar-refractivity contribution is 6.09. The lowest BCUT2D eigenvalue weighted by Crippen LogP contribution is -2.36. The summed E-state index contributed by atoms with van der Waals surface area (Å²) in [6.07, 6.45) is 5.95. The van der Waals surface area contributed by atoms with Gasteiger partial charge >= 0.3 is 0 Å². The van der Waals surface area contributed by atoms with E-state index in [1.807, 2.05) is 18.2 Å². The molecular formula is C25H30N4O3. The second-order valence-corrected chi connectivity index (χ2v) is 8.92. The molecule has 0 unspecified atom stereocenters. The first kappa shape index (κ1) is 20.8. The number of nitrogens with one attached hydrogen (secondary N) is 1. The van der Waals surface area contributed by atoms with Crippen molar-refractivity contribution < 1.29 is 14.6 Å². The molecule has 2 aromatic carbocycles. The van der Waals surface area contributed by atoms with Crippen molar-refractivity contribution in [2.24, 2.45) is 5.92 Å². The molecule has 2 aliphatic rings. The highest BCUT2D eigenvalue weighted by Crippen LogP contribution is 2.33. The lowest BCUT2D eigenvalue weighted by atomic mass is 9.99. The second-order valence-electron chi connectivity index (χ2n) is 8.92. The first-order valence-corrected chi connectivity index (χ1v) is 11.5. The van der Waals surface area contributed by atoms with Crippen LogP contribution in [0.2, 0.25) is 0 Å². The Hall–Kier alpha value is -3.06. The van der Waals surface area contributed by atoms with Gasteiger partial charge < -0.3 is 19.6 Å². The first-order valence-electron chi connectivity index (χ1n) is 11.5. The van der Waals surface area contributed by atoms with Crippen LogP contribution < -0.4 is 9.80 Å². The Morgan fingerprint density at radius 3 is 2.78 bits per heavy atom. The Balaban J connectivity index is 1.41. The number of rotatable bonds is 5. The summed E-state index contributed by atoms with van der Waals surface area (Å²) in [4.78, 5) is 17.2. The van der Waals surface area contributed by atoms with Gasteiger partial charge in [-0.1, -0.05) is 31.7 Å². The van der Waals surface area contributed by atoms with Crippen molar-refractivity contribution in [1.29, 1.82) is 0 Å². The van der Waals surface area contributed by atoms with Gasteiger partial charge in [0.25, 0.3) is 5.91 Å². The van der Waals surface area contributed by atoms with E-state index in [-0.39, 0.29) is 11.7 Å². The number of hydrogen-bond acceptors (Lipinski definition) is 5. The van der Waals surface area contributed by atoms with Crippen LogP contribution in [-0.2, 0) is 11.2 Å². The lowest BCUT2D eigenvalue weighted by molar-refractivity contribution is 0.0990. The largest absolute Gasteiger partial charge is 0.507 e. The maximum Gasteiger partial charge on any atom is 0.261 e. The molecule has 0 bridgehead atoms. The Morgan fingerprint density at radius 2 is 2.00 bits per heavy atom. The number of phenols is 1. The molecule has 7 heteroatoms. The predicted octanol–water partition coefficient (Wildman–Crippen LogP) is 4.11. The van der Waals surface area contributed by atoms with Crippen LogP contribution in [0.1, 0.15) is 41.7 Å². The molecule has 2 N–H and O–H groups in total. The summed E-state index contributed by atoms with van der Waals surface area (Å²) in [6.45, 7) is 3.09. The molecule has 3 aromatic rings. The van der Waals surface area contributed by atoms with Gasteiger partial charge in [-0.25, -0.2) is 0 Å². The van der Waals surface area contributed by atoms with Gasteiger partial charge in [-0.2, -0.15) is 5.10 Å². The molecule has 2 heterocycles. The minimum atomic E-state index is -0.239. The van der Waals surface area contributed by atoms with Crippen LogP contribution in [0.25, 0.3) is 10.9 Å². The van der Waals surface area contributed by atoms with Crippen LogP contribution >= 0.6 is 0 Å². The van der Waals surface area contributed by atoms with Crippen LogP contribution in [0.5, 0.6) is 5.75 Å². The standard InChI is InChI=1S/C25H30N4O3/c1-28(18-7-4-8-19(14-18)29-9-11-32-12-10-29)25(31)21-15-20-22(13-17-5-2-3-6-17)26-27-23(20)16-24(21)30/h4,7-8,14-17,30H,2-3,5-6,9-13H2,1H3,(H,26,27). The van der Waals surface area contributed by atoms with Crippen LogP contribution in [0.3, 0.4) is 0 Å². The van der Waals surface area contributed by atoms with E-state index in [9.17, 15) is 9.90 Å². The molecule has 1 saturated heterocycles. The average Bonchev–Trinajstić information content (AvgIpc) is 3.48. The van der Waals surface area contributed by atoms with Gasteiger partial charge in [-0.3, -0.25) is 9.89 Å². The molecule has 168 valence electrons. The highest BCUT2D eigenvalue weighted by Gasteiger charge is 2.23. The third kappa shape index (κ3) is 4.05. The fourth-order valence-electron chi connectivity index (χ4n) is 4.94. The average molecular weight is 435 g/mol. The Bertz CT molecular complexity index is 1110. The topological polar surface area (TPSA) is 81.7 Å². The summed E-state index contributed by atoms with van der Waals surface area (Å²) in [7, 11) is 1.75. The molecule has 0 radical (unpaired) electrons. The number of morpholine rings is 1. The molecule has 1 saturated carbocycles. The van der Waals surface area contributed by atoms with E-state index in [1.54, 1.807) is 24.1 Å². The number of ether oxygens (including phenoxy) is 1. The maximum atomic E-state index is 13.4. The highest BCUT2D eigenvalue weighted by atomic mass is 16.5. The van der Waals surface area contributed by atoms with Crippen LogP contribution in [0.15, 0.2) is 36.4 Å². The van der Waals surface area contributed by atoms with Crippen LogP contribution in [-0.4, -0.2) is 54.6 Å². The minimum Gasteiger partial charge on any atom is -0.507 e. The molecule has 0 atom stereocenters. The summed E-state index contributed by atoms with van der Waals surface area (Å²) in [5.74, 6) is 0.381. The summed E-state index contributed by atoms with van der Waals surface area (Å²) in [5, 5.41) is 19.0. The zero-order valence-corrected chi connectivity index (χ0v) is 18.5. The summed E-state index contributed by atoms with van der Waals surface area (Å²) >= 11 is 0. The quantitative estimate of drug-likeness (QED) is 0.631. The maximum absolute atomic E-state index is 13.4. The zero-order valence-electron chi connectivity index (χ0n) is 18.5. The fraction of sp³-hybridized carbons (Fsp3) is 0.440. The van der Waals surface area contributed by atoms with E-state index in [2.05, 4.69) is 21.2 Å². The molecular weight excluding hydrogens is 404 g/mol. The van der Waals surface area contributed by atoms with Gasteiger partial charge in [0.15, 0.2) is 0 Å². The molecule has 0 spiro atoms. The third-order valence-corrected chi connectivity index (χ3v) is 6.84. The van der Waals surface area contributed by atoms with Gasteiger partial charge in [0.2, 0.25) is 0 Å². The van der Waals surface area contributed by atoms with Gasteiger partial charge in [-0.05, 0) is 36.6 Å². The molecule has 32 heavy (non-hydrogen) atoms. The van der Waals surface area contributed by atoms with E-state index in [0.717, 1.165) is 47.5 Å². The second kappa shape index (κ2) is 8.82. The Morgan fingerprint density at radius 1 is 1.22 bits per heavy atom. The van der Waals surface area contributed by atoms with E-state index in [4.69, 9.17) is 4.74 Å². The number of amides is 1. The van der Waals surface area contributed by atoms with Gasteiger partial charge in [0.1, 0.15) is 5.75 Å². The lowest BCUT2D eigenvalue weighted by Gasteiger charge is -2.29. The molecule has 1 aliphatic heterocycles. The first-order chi connectivity index (χ1) is 15.6. The van der Waals surface area contributed by atoms with E-state index in [1.165, 1.54) is 25.7 Å². The monoisotopic (exact) mass is 434 g/mol. The molecule has 5 rings (SSSR count). The van der Waals surface area contributed by atoms with E-state index >= 15 is 0 Å². The number of nitrogens with zero attached hydrogens (tertiary/aromatic N) is 3. The fourth-order valence-corrected chi connectivity index (χ4v) is 4.94. The van der Waals surface area contributed by atoms with Gasteiger partial charge in [0, 0.05) is 43.0 Å². The zero-order chi connectivity index (χ0) is 22.1. The summed E-state index contributed by atoms with van der Waals surface area (Å²) in [6, 6.07) is 11.4. The smallest absolute Gasteiger partial charge is 0.261 e. The van der Waals surface area contributed by atoms with Crippen molar-refractivity contribution >= 4 is 28.2 Å². The number of aromatic nitrogens is 2. The SMILES string of the molecule is CN(C(=O)c1cc2c(CC3CCCC3)n[nH]c2cc1O)c1cccc(N2CCOCC2)c1. The van der Waals surface area contributed by atoms with Crippen molar-refractivity contribution in [3.05, 3.63) is 47.7 Å². The Kier molecular flexibility index (Phi) is 5.74. The van der Waals surface area contributed by atoms with Crippen molar-refractivity contribution in [2.75, 3.05) is 43.2 Å². The van der Waals surface area contributed by atoms with Crippen LogP contribution in [0.4, 0.5) is 11.4 Å². The van der Waals surface area contributed by atoms with Crippen molar-refractivity contribution in [3.63, 3.8) is 0 Å². The van der Waals surface area contributed by atoms with Gasteiger partial charge in [-0.15, -0.1) is 0 Å². The van der Waals surface area contributed by atoms with E-state index in [0.29, 0.717) is 24.7 Å². The molecule has 1 aromatic heterocycles. The minimum absolute atomic E-state index is 0.0326. The van der Waals surface area contributed by atoms with Crippen molar-refractivity contribution in [1.82, 2.24) is 10.2 Å². The van der Waals surface area contributed by atoms with Crippen molar-refractivity contribution in [3.8, 4) is 5.75 Å². The Labute approximate surface area is 188 Å². The number of aromatic hydroxyl groups is 1. The molecule has 2 fully saturated rings. The number of benzene rings is 2. The molecule has 7 nitrogen and oxygen atoms in total. The number of H-pyrrole nitrogens is 1. The number of phenolic OH excluding ortho intramolecular Hbond substituents is 1. The van der Waals surface area contributed by atoms with Crippen molar-refractivity contribution in [2.45, 2.75) is 32.1 Å². The summed E-state index contributed by atoms with van der Waals surface area (Å²) < 4.78 is 5.45. The van der Waals surface area contributed by atoms with E-state index < -0.39 is 0 Å². The third-order valence-electron chi connectivity index (χ3n) is 6.84. The normalized spacial score (nSPS) is 17.2. The number of carbonyl (C=O) groups excluding carboxylic acids is 1. The number of carbonyl (C=O) groups is 1. The molecule has 1 amide bonds. The van der Waals surface area contributed by atoms with Gasteiger partial charge in [0.05, 0.1) is 30.0 Å². The number of fused-ring (bicyclic) bond motifs is 1. The number of anilines is 2. The predicted molar refractivity (Wildman–Crippen MR) is 126 cm³/mol.